The third-order valence-corrected chi connectivity index (χ3v) is 5.16. The zero-order valence-corrected chi connectivity index (χ0v) is 15.7. The number of amides is 1. The molecule has 26 heavy (non-hydrogen) atoms. The highest BCUT2D eigenvalue weighted by atomic mass is 32.2. The van der Waals surface area contributed by atoms with Crippen molar-refractivity contribution in [2.45, 2.75) is 17.9 Å². The first-order valence-corrected chi connectivity index (χ1v) is 9.58. The first-order chi connectivity index (χ1) is 12.6. The minimum Gasteiger partial charge on any atom is -0.496 e. The van der Waals surface area contributed by atoms with Crippen LogP contribution in [0, 0.1) is 0 Å². The van der Waals surface area contributed by atoms with E-state index in [-0.39, 0.29) is 12.5 Å². The second-order valence-electron chi connectivity index (χ2n) is 5.98. The molecule has 0 N–H and O–H groups in total. The van der Waals surface area contributed by atoms with E-state index in [4.69, 9.17) is 9.47 Å². The number of methoxy groups -OCH3 is 1. The predicted octanol–water partition coefficient (Wildman–Crippen LogP) is 3.16. The summed E-state index contributed by atoms with van der Waals surface area (Å²) in [5.41, 5.74) is 2.74. The molecular weight excluding hydrogens is 350 g/mol. The number of thioether (sulfide) groups is 1. The van der Waals surface area contributed by atoms with Crippen LogP contribution in [0.2, 0.25) is 0 Å². The summed E-state index contributed by atoms with van der Waals surface area (Å²) >= 11 is 1.56. The van der Waals surface area contributed by atoms with E-state index in [2.05, 4.69) is 6.07 Å². The normalized spacial score (nSPS) is 13.1. The van der Waals surface area contributed by atoms with Crippen molar-refractivity contribution < 1.29 is 19.1 Å². The second-order valence-corrected chi connectivity index (χ2v) is 6.86. The summed E-state index contributed by atoms with van der Waals surface area (Å²) in [7, 11) is 1.51. The fourth-order valence-electron chi connectivity index (χ4n) is 2.97. The maximum Gasteiger partial charge on any atom is 0.342 e. The molecule has 1 aliphatic rings. The lowest BCUT2D eigenvalue weighted by Crippen LogP contribution is -2.38. The zero-order valence-electron chi connectivity index (χ0n) is 14.9. The molecule has 0 bridgehead atoms. The number of nitrogens with zero attached hydrogens (tertiary/aromatic N) is 1. The van der Waals surface area contributed by atoms with Gasteiger partial charge in [-0.05, 0) is 42.0 Å². The quantitative estimate of drug-likeness (QED) is 0.597. The lowest BCUT2D eigenvalue weighted by molar-refractivity contribution is -0.135. The Morgan fingerprint density at radius 2 is 1.92 bits per heavy atom. The van der Waals surface area contributed by atoms with Crippen LogP contribution in [0.15, 0.2) is 47.4 Å². The molecule has 136 valence electrons. The summed E-state index contributed by atoms with van der Waals surface area (Å²) in [6.07, 6.45) is 2.77. The average Bonchev–Trinajstić information content (AvgIpc) is 2.70. The van der Waals surface area contributed by atoms with E-state index < -0.39 is 5.97 Å². The molecule has 1 heterocycles. The van der Waals surface area contributed by atoms with Crippen LogP contribution in [0.1, 0.15) is 21.5 Å². The minimum absolute atomic E-state index is 0.187. The smallest absolute Gasteiger partial charge is 0.342 e. The van der Waals surface area contributed by atoms with E-state index in [1.165, 1.54) is 12.7 Å². The lowest BCUT2D eigenvalue weighted by Gasteiger charge is -2.28. The molecule has 0 spiro atoms. The molecule has 5 nitrogen and oxygen atoms in total. The van der Waals surface area contributed by atoms with Gasteiger partial charge in [-0.3, -0.25) is 4.79 Å². The molecule has 2 aromatic carbocycles. The first kappa shape index (κ1) is 18.3. The summed E-state index contributed by atoms with van der Waals surface area (Å²) in [5, 5.41) is 0. The Balaban J connectivity index is 1.61. The van der Waals surface area contributed by atoms with Gasteiger partial charge in [0, 0.05) is 18.0 Å². The number of fused-ring (bicyclic) bond motifs is 1. The third kappa shape index (κ3) is 4.02. The Kier molecular flexibility index (Phi) is 5.83. The van der Waals surface area contributed by atoms with E-state index in [1.54, 1.807) is 28.8 Å². The van der Waals surface area contributed by atoms with Crippen molar-refractivity contribution in [2.75, 3.05) is 26.5 Å². The van der Waals surface area contributed by atoms with Gasteiger partial charge in [-0.15, -0.1) is 11.8 Å². The van der Waals surface area contributed by atoms with Crippen molar-refractivity contribution in [1.29, 1.82) is 0 Å². The number of hydrogen-bond acceptors (Lipinski definition) is 5. The van der Waals surface area contributed by atoms with Gasteiger partial charge in [-0.2, -0.15) is 0 Å². The molecule has 1 aliphatic heterocycles. The number of carbonyl (C=O) groups excluding carboxylic acids is 2. The Labute approximate surface area is 157 Å². The number of esters is 1. The highest BCUT2D eigenvalue weighted by Gasteiger charge is 2.22. The van der Waals surface area contributed by atoms with Gasteiger partial charge in [-0.1, -0.05) is 24.3 Å². The van der Waals surface area contributed by atoms with Crippen molar-refractivity contribution in [3.05, 3.63) is 59.2 Å². The Hall–Kier alpha value is -2.47. The Bertz CT molecular complexity index is 821. The van der Waals surface area contributed by atoms with Crippen molar-refractivity contribution in [3.8, 4) is 5.75 Å². The van der Waals surface area contributed by atoms with Crippen LogP contribution >= 0.6 is 11.8 Å². The van der Waals surface area contributed by atoms with Crippen LogP contribution in [0.3, 0.4) is 0 Å². The van der Waals surface area contributed by atoms with Gasteiger partial charge in [-0.25, -0.2) is 4.79 Å². The van der Waals surface area contributed by atoms with E-state index in [0.717, 1.165) is 16.9 Å². The summed E-state index contributed by atoms with van der Waals surface area (Å²) in [4.78, 5) is 27.5. The number of carbonyl (C=O) groups is 2. The molecular formula is C20H21NO4S. The van der Waals surface area contributed by atoms with Gasteiger partial charge >= 0.3 is 5.97 Å². The van der Waals surface area contributed by atoms with Gasteiger partial charge in [0.2, 0.25) is 0 Å². The number of hydrogen-bond donors (Lipinski definition) is 0. The summed E-state index contributed by atoms with van der Waals surface area (Å²) in [5.74, 6) is -0.297. The van der Waals surface area contributed by atoms with Crippen LogP contribution in [0.4, 0.5) is 0 Å². The third-order valence-electron chi connectivity index (χ3n) is 4.44. The van der Waals surface area contributed by atoms with Gasteiger partial charge in [0.1, 0.15) is 11.3 Å². The monoisotopic (exact) mass is 371 g/mol. The van der Waals surface area contributed by atoms with Crippen LogP contribution in [-0.4, -0.2) is 43.3 Å². The van der Waals surface area contributed by atoms with E-state index in [0.29, 0.717) is 24.4 Å². The standard InChI is InChI=1S/C20H21NO4S/c1-24-18-11-16(26-2)7-8-17(18)20(23)25-13-19(22)21-10-9-14-5-3-4-6-15(14)12-21/h3-8,11H,9-10,12-13H2,1-2H3. The van der Waals surface area contributed by atoms with Gasteiger partial charge in [0.25, 0.3) is 5.91 Å². The first-order valence-electron chi connectivity index (χ1n) is 8.36. The lowest BCUT2D eigenvalue weighted by atomic mass is 10.00. The summed E-state index contributed by atoms with van der Waals surface area (Å²) < 4.78 is 10.5. The average molecular weight is 371 g/mol. The molecule has 0 saturated carbocycles. The summed E-state index contributed by atoms with van der Waals surface area (Å²) in [6.45, 7) is 0.922. The van der Waals surface area contributed by atoms with Crippen molar-refractivity contribution in [1.82, 2.24) is 4.90 Å². The van der Waals surface area contributed by atoms with Crippen molar-refractivity contribution in [3.63, 3.8) is 0 Å². The van der Waals surface area contributed by atoms with Crippen LogP contribution in [0.25, 0.3) is 0 Å². The van der Waals surface area contributed by atoms with E-state index in [9.17, 15) is 9.59 Å². The number of rotatable bonds is 5. The van der Waals surface area contributed by atoms with E-state index >= 15 is 0 Å². The fourth-order valence-corrected chi connectivity index (χ4v) is 3.40. The Morgan fingerprint density at radius 3 is 2.65 bits per heavy atom. The number of ether oxygens (including phenoxy) is 2. The molecule has 0 aromatic heterocycles. The molecule has 6 heteroatoms. The van der Waals surface area contributed by atoms with Gasteiger partial charge < -0.3 is 14.4 Å². The van der Waals surface area contributed by atoms with Crippen molar-refractivity contribution in [2.24, 2.45) is 0 Å². The highest BCUT2D eigenvalue weighted by molar-refractivity contribution is 7.98. The maximum atomic E-state index is 12.4. The second kappa shape index (κ2) is 8.27. The largest absolute Gasteiger partial charge is 0.496 e. The fraction of sp³-hybridized carbons (Fsp3) is 0.300. The Morgan fingerprint density at radius 1 is 1.15 bits per heavy atom. The van der Waals surface area contributed by atoms with Crippen LogP contribution < -0.4 is 4.74 Å². The van der Waals surface area contributed by atoms with Gasteiger partial charge in [0.05, 0.1) is 7.11 Å². The van der Waals surface area contributed by atoms with E-state index in [1.807, 2.05) is 30.5 Å². The zero-order chi connectivity index (χ0) is 18.5. The molecule has 0 unspecified atom stereocenters. The highest BCUT2D eigenvalue weighted by Crippen LogP contribution is 2.26. The molecule has 1 amide bonds. The molecule has 0 atom stereocenters. The van der Waals surface area contributed by atoms with Gasteiger partial charge in [0.15, 0.2) is 6.61 Å². The molecule has 0 aliphatic carbocycles. The summed E-state index contributed by atoms with van der Waals surface area (Å²) in [6, 6.07) is 13.4. The molecule has 0 fully saturated rings. The SMILES string of the molecule is COc1cc(SC)ccc1C(=O)OCC(=O)N1CCc2ccccc2C1. The molecule has 0 radical (unpaired) electrons. The molecule has 3 rings (SSSR count). The topological polar surface area (TPSA) is 55.8 Å². The molecule has 0 saturated heterocycles. The number of benzene rings is 2. The molecule has 2 aromatic rings. The predicted molar refractivity (Wildman–Crippen MR) is 101 cm³/mol. The van der Waals surface area contributed by atoms with Crippen LogP contribution in [0.5, 0.6) is 5.75 Å². The van der Waals surface area contributed by atoms with Crippen LogP contribution in [-0.2, 0) is 22.5 Å². The maximum absolute atomic E-state index is 12.4. The minimum atomic E-state index is -0.555. The van der Waals surface area contributed by atoms with Crippen molar-refractivity contribution >= 4 is 23.6 Å².